The summed E-state index contributed by atoms with van der Waals surface area (Å²) in [5.74, 6) is 1.10. The van der Waals surface area contributed by atoms with Gasteiger partial charge in [-0.2, -0.15) is 0 Å². The molecule has 0 atom stereocenters. The van der Waals surface area contributed by atoms with Crippen LogP contribution < -0.4 is 10.6 Å². The largest absolute Gasteiger partial charge is 0.508 e. The van der Waals surface area contributed by atoms with Gasteiger partial charge in [-0.15, -0.1) is 11.8 Å². The number of aromatic hydroxyl groups is 1. The molecule has 2 aromatic carbocycles. The Morgan fingerprint density at radius 1 is 1.03 bits per heavy atom. The van der Waals surface area contributed by atoms with Gasteiger partial charge in [0, 0.05) is 34.9 Å². The number of nitrogens with zero attached hydrogens (tertiary/aromatic N) is 1. The lowest BCUT2D eigenvalue weighted by atomic mass is 10.2. The van der Waals surface area contributed by atoms with Gasteiger partial charge in [0.15, 0.2) is 0 Å². The molecule has 0 saturated carbocycles. The third-order valence-electron chi connectivity index (χ3n) is 4.72. The Labute approximate surface area is 185 Å². The monoisotopic (exact) mass is 439 g/mol. The lowest BCUT2D eigenvalue weighted by Gasteiger charge is -2.10. The maximum absolute atomic E-state index is 12.6. The van der Waals surface area contributed by atoms with Crippen LogP contribution in [0.1, 0.15) is 44.2 Å². The molecule has 1 aromatic heterocycles. The van der Waals surface area contributed by atoms with Crippen LogP contribution in [0.3, 0.4) is 0 Å². The molecule has 0 aliphatic carbocycles. The van der Waals surface area contributed by atoms with Crippen molar-refractivity contribution in [2.75, 3.05) is 13.1 Å². The van der Waals surface area contributed by atoms with Gasteiger partial charge < -0.3 is 20.3 Å². The second kappa shape index (κ2) is 10.7. The number of hydrogen-bond donors (Lipinski definition) is 3. The second-order valence-electron chi connectivity index (χ2n) is 7.00. The molecular weight excluding hydrogens is 414 g/mol. The smallest absolute Gasteiger partial charge is 0.252 e. The minimum absolute atomic E-state index is 0.0470. The fourth-order valence-electron chi connectivity index (χ4n) is 2.97. The summed E-state index contributed by atoms with van der Waals surface area (Å²) in [7, 11) is 0. The van der Waals surface area contributed by atoms with Crippen molar-refractivity contribution in [1.29, 1.82) is 0 Å². The molecule has 0 spiro atoms. The molecule has 0 aliphatic rings. The Bertz CT molecular complexity index is 1040. The first-order valence-corrected chi connectivity index (χ1v) is 10.9. The molecule has 0 radical (unpaired) electrons. The van der Waals surface area contributed by atoms with Crippen molar-refractivity contribution < 1.29 is 19.2 Å². The van der Waals surface area contributed by atoms with E-state index in [0.29, 0.717) is 36.4 Å². The summed E-state index contributed by atoms with van der Waals surface area (Å²) in [5.41, 5.74) is 2.92. The molecule has 1 heterocycles. The predicted octanol–water partition coefficient (Wildman–Crippen LogP) is 3.84. The number of thioether (sulfide) groups is 1. The van der Waals surface area contributed by atoms with E-state index in [1.54, 1.807) is 30.0 Å². The summed E-state index contributed by atoms with van der Waals surface area (Å²) in [5, 5.41) is 19.1. The lowest BCUT2D eigenvalue weighted by molar-refractivity contribution is 0.0949. The van der Waals surface area contributed by atoms with E-state index in [1.165, 1.54) is 12.1 Å². The number of rotatable bonds is 9. The van der Waals surface area contributed by atoms with Crippen molar-refractivity contribution in [3.05, 3.63) is 76.7 Å². The Balaban J connectivity index is 1.47. The van der Waals surface area contributed by atoms with Gasteiger partial charge in [-0.3, -0.25) is 9.59 Å². The molecule has 31 heavy (non-hydrogen) atoms. The lowest BCUT2D eigenvalue weighted by Crippen LogP contribution is -2.30. The van der Waals surface area contributed by atoms with E-state index in [0.717, 1.165) is 21.9 Å². The Morgan fingerprint density at radius 2 is 1.77 bits per heavy atom. The molecular formula is C23H25N3O4S. The van der Waals surface area contributed by atoms with Crippen molar-refractivity contribution in [1.82, 2.24) is 15.8 Å². The molecule has 3 N–H and O–H groups in total. The van der Waals surface area contributed by atoms with Gasteiger partial charge in [-0.1, -0.05) is 23.4 Å². The topological polar surface area (TPSA) is 104 Å². The van der Waals surface area contributed by atoms with Crippen molar-refractivity contribution in [3.63, 3.8) is 0 Å². The number of nitrogens with one attached hydrogen (secondary N) is 2. The zero-order chi connectivity index (χ0) is 22.2. The quantitative estimate of drug-likeness (QED) is 0.346. The highest BCUT2D eigenvalue weighted by molar-refractivity contribution is 7.98. The van der Waals surface area contributed by atoms with E-state index in [4.69, 9.17) is 4.52 Å². The maximum atomic E-state index is 12.6. The molecule has 0 bridgehead atoms. The Kier molecular flexibility index (Phi) is 7.72. The van der Waals surface area contributed by atoms with Crippen LogP contribution in [-0.4, -0.2) is 35.2 Å². The fraction of sp³-hybridized carbons (Fsp3) is 0.261. The third kappa shape index (κ3) is 6.11. The first kappa shape index (κ1) is 22.4. The van der Waals surface area contributed by atoms with Crippen LogP contribution in [0.2, 0.25) is 0 Å². The van der Waals surface area contributed by atoms with Crippen LogP contribution in [0.25, 0.3) is 0 Å². The van der Waals surface area contributed by atoms with Crippen molar-refractivity contribution >= 4 is 23.6 Å². The molecule has 8 heteroatoms. The first-order valence-electron chi connectivity index (χ1n) is 9.94. The average molecular weight is 440 g/mol. The number of carbonyl (C=O) groups is 2. The second-order valence-corrected chi connectivity index (χ2v) is 8.02. The van der Waals surface area contributed by atoms with E-state index in [1.807, 2.05) is 32.0 Å². The molecule has 2 amide bonds. The molecule has 0 aliphatic heterocycles. The summed E-state index contributed by atoms with van der Waals surface area (Å²) in [4.78, 5) is 25.6. The molecule has 162 valence electrons. The van der Waals surface area contributed by atoms with E-state index in [2.05, 4.69) is 15.8 Å². The van der Waals surface area contributed by atoms with Crippen molar-refractivity contribution in [2.24, 2.45) is 0 Å². The van der Waals surface area contributed by atoms with Gasteiger partial charge >= 0.3 is 0 Å². The zero-order valence-electron chi connectivity index (χ0n) is 17.5. The Morgan fingerprint density at radius 3 is 2.48 bits per heavy atom. The fourth-order valence-corrected chi connectivity index (χ4v) is 4.18. The van der Waals surface area contributed by atoms with E-state index in [9.17, 15) is 14.7 Å². The van der Waals surface area contributed by atoms with Gasteiger partial charge in [0.25, 0.3) is 11.8 Å². The summed E-state index contributed by atoms with van der Waals surface area (Å²) >= 11 is 1.57. The first-order chi connectivity index (χ1) is 15.0. The molecule has 3 aromatic rings. The number of amides is 2. The number of benzene rings is 2. The molecule has 7 nitrogen and oxygen atoms in total. The SMILES string of the molecule is Cc1noc(C)c1CSc1ccccc1C(=O)NCCCNC(=O)c1cccc(O)c1. The number of aryl methyl sites for hydroxylation is 2. The highest BCUT2D eigenvalue weighted by Gasteiger charge is 2.14. The number of hydrogen-bond acceptors (Lipinski definition) is 6. The maximum Gasteiger partial charge on any atom is 0.252 e. The van der Waals surface area contributed by atoms with E-state index < -0.39 is 0 Å². The van der Waals surface area contributed by atoms with Gasteiger partial charge in [-0.25, -0.2) is 0 Å². The third-order valence-corrected chi connectivity index (χ3v) is 5.82. The molecule has 0 saturated heterocycles. The molecule has 3 rings (SSSR count). The summed E-state index contributed by atoms with van der Waals surface area (Å²) in [6, 6.07) is 13.6. The van der Waals surface area contributed by atoms with Crippen LogP contribution in [0.4, 0.5) is 0 Å². The van der Waals surface area contributed by atoms with Gasteiger partial charge in [-0.05, 0) is 50.6 Å². The zero-order valence-corrected chi connectivity index (χ0v) is 18.3. The minimum Gasteiger partial charge on any atom is -0.508 e. The van der Waals surface area contributed by atoms with Crippen LogP contribution in [0.15, 0.2) is 57.9 Å². The summed E-state index contributed by atoms with van der Waals surface area (Å²) < 4.78 is 5.20. The number of phenols is 1. The number of phenolic OH excluding ortho intramolecular Hbond substituents is 1. The van der Waals surface area contributed by atoms with Crippen LogP contribution >= 0.6 is 11.8 Å². The summed E-state index contributed by atoms with van der Waals surface area (Å²) in [6.07, 6.45) is 0.588. The van der Waals surface area contributed by atoms with Gasteiger partial charge in [0.2, 0.25) is 0 Å². The minimum atomic E-state index is -0.261. The van der Waals surface area contributed by atoms with E-state index in [-0.39, 0.29) is 17.6 Å². The van der Waals surface area contributed by atoms with Gasteiger partial charge in [0.05, 0.1) is 11.3 Å². The molecule has 0 fully saturated rings. The average Bonchev–Trinajstić information content (AvgIpc) is 3.09. The van der Waals surface area contributed by atoms with Crippen LogP contribution in [-0.2, 0) is 5.75 Å². The summed E-state index contributed by atoms with van der Waals surface area (Å²) in [6.45, 7) is 4.64. The molecule has 0 unspecified atom stereocenters. The number of carbonyl (C=O) groups excluding carboxylic acids is 2. The standard InChI is InChI=1S/C23H25N3O4S/c1-15-20(16(2)30-26-15)14-31-21-10-4-3-9-19(21)23(29)25-12-6-11-24-22(28)17-7-5-8-18(27)13-17/h3-5,7-10,13,27H,6,11-12,14H2,1-2H3,(H,24,28)(H,25,29). The van der Waals surface area contributed by atoms with Crippen LogP contribution in [0.5, 0.6) is 5.75 Å². The van der Waals surface area contributed by atoms with Crippen LogP contribution in [0, 0.1) is 13.8 Å². The highest BCUT2D eigenvalue weighted by atomic mass is 32.2. The van der Waals surface area contributed by atoms with Crippen molar-refractivity contribution in [3.8, 4) is 5.75 Å². The number of aromatic nitrogens is 1. The Hall–Kier alpha value is -3.26. The predicted molar refractivity (Wildman–Crippen MR) is 119 cm³/mol. The normalized spacial score (nSPS) is 10.6. The van der Waals surface area contributed by atoms with Gasteiger partial charge in [0.1, 0.15) is 11.5 Å². The van der Waals surface area contributed by atoms with E-state index >= 15 is 0 Å². The van der Waals surface area contributed by atoms with Crippen molar-refractivity contribution in [2.45, 2.75) is 30.9 Å². The highest BCUT2D eigenvalue weighted by Crippen LogP contribution is 2.28.